The van der Waals surface area contributed by atoms with Crippen LogP contribution in [0.2, 0.25) is 5.15 Å². The summed E-state index contributed by atoms with van der Waals surface area (Å²) >= 11 is 5.70. The average molecular weight is 260 g/mol. The maximum absolute atomic E-state index is 11.6. The number of hydrogen-bond acceptors (Lipinski definition) is 5. The molecule has 0 unspecified atom stereocenters. The molecule has 94 valence electrons. The van der Waals surface area contributed by atoms with Crippen LogP contribution in [0.5, 0.6) is 5.88 Å². The highest BCUT2D eigenvalue weighted by molar-refractivity contribution is 6.29. The maximum Gasteiger partial charge on any atom is 0.342 e. The van der Waals surface area contributed by atoms with E-state index in [0.717, 1.165) is 0 Å². The van der Waals surface area contributed by atoms with Gasteiger partial charge in [0.15, 0.2) is 5.60 Å². The Morgan fingerprint density at radius 2 is 2.24 bits per heavy atom. The number of ether oxygens (including phenoxy) is 2. The summed E-state index contributed by atoms with van der Waals surface area (Å²) in [6.07, 6.45) is 0. The third kappa shape index (κ3) is 2.87. The number of hydrogen-bond donors (Lipinski definition) is 1. The van der Waals surface area contributed by atoms with Gasteiger partial charge in [0.1, 0.15) is 5.15 Å². The SMILES string of the molecule is CCOC(=O)[C@@](C)(O)c1ccc(Cl)nc1OC. The molecule has 0 bridgehead atoms. The molecule has 1 rings (SSSR count). The summed E-state index contributed by atoms with van der Waals surface area (Å²) in [6.45, 7) is 3.15. The molecule has 0 aliphatic heterocycles. The minimum atomic E-state index is -1.82. The Bertz CT molecular complexity index is 420. The lowest BCUT2D eigenvalue weighted by molar-refractivity contribution is -0.164. The van der Waals surface area contributed by atoms with Crippen LogP contribution >= 0.6 is 11.6 Å². The van der Waals surface area contributed by atoms with Gasteiger partial charge in [-0.15, -0.1) is 0 Å². The maximum atomic E-state index is 11.6. The second-order valence-corrected chi connectivity index (χ2v) is 3.87. The van der Waals surface area contributed by atoms with Gasteiger partial charge < -0.3 is 14.6 Å². The van der Waals surface area contributed by atoms with E-state index in [1.165, 1.54) is 26.2 Å². The van der Waals surface area contributed by atoms with E-state index in [4.69, 9.17) is 21.1 Å². The average Bonchev–Trinajstić information content (AvgIpc) is 2.28. The third-order valence-electron chi connectivity index (χ3n) is 2.22. The molecule has 1 heterocycles. The normalized spacial score (nSPS) is 13.9. The van der Waals surface area contributed by atoms with Gasteiger partial charge in [-0.1, -0.05) is 11.6 Å². The Labute approximate surface area is 104 Å². The Hall–Kier alpha value is -1.33. The molecule has 0 saturated heterocycles. The monoisotopic (exact) mass is 259 g/mol. The van der Waals surface area contributed by atoms with E-state index in [1.807, 2.05) is 0 Å². The fourth-order valence-corrected chi connectivity index (χ4v) is 1.47. The van der Waals surface area contributed by atoms with Gasteiger partial charge in [-0.25, -0.2) is 9.78 Å². The molecule has 1 N–H and O–H groups in total. The first-order valence-corrected chi connectivity index (χ1v) is 5.41. The van der Waals surface area contributed by atoms with Crippen molar-refractivity contribution in [2.75, 3.05) is 13.7 Å². The van der Waals surface area contributed by atoms with Gasteiger partial charge >= 0.3 is 5.97 Å². The number of esters is 1. The fourth-order valence-electron chi connectivity index (χ4n) is 1.33. The molecule has 0 aromatic carbocycles. The number of carbonyl (C=O) groups excluding carboxylic acids is 1. The van der Waals surface area contributed by atoms with Gasteiger partial charge in [0.05, 0.1) is 19.3 Å². The van der Waals surface area contributed by atoms with Crippen LogP contribution in [0.3, 0.4) is 0 Å². The van der Waals surface area contributed by atoms with Crippen molar-refractivity contribution in [1.29, 1.82) is 0 Å². The van der Waals surface area contributed by atoms with Crippen LogP contribution in [-0.2, 0) is 15.1 Å². The number of rotatable bonds is 4. The van der Waals surface area contributed by atoms with Crippen LogP contribution in [0, 0.1) is 0 Å². The van der Waals surface area contributed by atoms with E-state index < -0.39 is 11.6 Å². The second kappa shape index (κ2) is 5.33. The lowest BCUT2D eigenvalue weighted by atomic mass is 9.97. The van der Waals surface area contributed by atoms with Gasteiger partial charge in [-0.3, -0.25) is 0 Å². The lowest BCUT2D eigenvalue weighted by Gasteiger charge is -2.22. The van der Waals surface area contributed by atoms with Crippen LogP contribution in [-0.4, -0.2) is 29.8 Å². The summed E-state index contributed by atoms with van der Waals surface area (Å²) in [4.78, 5) is 15.5. The van der Waals surface area contributed by atoms with Crippen LogP contribution in [0.1, 0.15) is 19.4 Å². The van der Waals surface area contributed by atoms with E-state index >= 15 is 0 Å². The first-order valence-electron chi connectivity index (χ1n) is 5.04. The van der Waals surface area contributed by atoms with Crippen LogP contribution in [0.15, 0.2) is 12.1 Å². The van der Waals surface area contributed by atoms with E-state index in [9.17, 15) is 9.90 Å². The van der Waals surface area contributed by atoms with Gasteiger partial charge in [-0.05, 0) is 26.0 Å². The molecule has 0 spiro atoms. The summed E-state index contributed by atoms with van der Waals surface area (Å²) in [5, 5.41) is 10.4. The molecule has 5 nitrogen and oxygen atoms in total. The van der Waals surface area contributed by atoms with Crippen LogP contribution in [0.25, 0.3) is 0 Å². The summed E-state index contributed by atoms with van der Waals surface area (Å²) in [5.41, 5.74) is -1.61. The molecule has 6 heteroatoms. The molecule has 0 amide bonds. The summed E-state index contributed by atoms with van der Waals surface area (Å²) in [5.74, 6) is -0.669. The molecule has 0 aliphatic carbocycles. The van der Waals surface area contributed by atoms with Gasteiger partial charge in [-0.2, -0.15) is 0 Å². The summed E-state index contributed by atoms with van der Waals surface area (Å²) in [6, 6.07) is 2.94. The Balaban J connectivity index is 3.18. The molecule has 1 aromatic heterocycles. The van der Waals surface area contributed by atoms with Gasteiger partial charge in [0, 0.05) is 0 Å². The molecule has 1 aromatic rings. The predicted molar refractivity (Wildman–Crippen MR) is 62.0 cm³/mol. The lowest BCUT2D eigenvalue weighted by Crippen LogP contribution is -2.34. The zero-order valence-electron chi connectivity index (χ0n) is 9.86. The minimum Gasteiger partial charge on any atom is -0.481 e. The smallest absolute Gasteiger partial charge is 0.342 e. The van der Waals surface area contributed by atoms with E-state index in [-0.39, 0.29) is 23.2 Å². The first kappa shape index (κ1) is 13.7. The summed E-state index contributed by atoms with van der Waals surface area (Å²) < 4.78 is 9.76. The highest BCUT2D eigenvalue weighted by atomic mass is 35.5. The molecule has 0 radical (unpaired) electrons. The number of aromatic nitrogens is 1. The molecule has 0 aliphatic rings. The highest BCUT2D eigenvalue weighted by Gasteiger charge is 2.37. The van der Waals surface area contributed by atoms with Crippen molar-refractivity contribution in [1.82, 2.24) is 4.98 Å². The third-order valence-corrected chi connectivity index (χ3v) is 2.43. The number of carbonyl (C=O) groups is 1. The van der Waals surface area contributed by atoms with Crippen LogP contribution < -0.4 is 4.74 Å². The van der Waals surface area contributed by atoms with Crippen molar-refractivity contribution in [3.63, 3.8) is 0 Å². The van der Waals surface area contributed by atoms with Crippen molar-refractivity contribution >= 4 is 17.6 Å². The van der Waals surface area contributed by atoms with Gasteiger partial charge in [0.2, 0.25) is 5.88 Å². The number of pyridine rings is 1. The largest absolute Gasteiger partial charge is 0.481 e. The van der Waals surface area contributed by atoms with Crippen molar-refractivity contribution in [2.24, 2.45) is 0 Å². The fraction of sp³-hybridized carbons (Fsp3) is 0.455. The standard InChI is InChI=1S/C11H14ClNO4/c1-4-17-10(14)11(2,15)7-5-6-8(12)13-9(7)16-3/h5-6,15H,4H2,1-3H3/t11-/m0/s1. The van der Waals surface area contributed by atoms with Gasteiger partial charge in [0.25, 0.3) is 0 Å². The second-order valence-electron chi connectivity index (χ2n) is 3.48. The quantitative estimate of drug-likeness (QED) is 0.656. The number of methoxy groups -OCH3 is 1. The van der Waals surface area contributed by atoms with E-state index in [0.29, 0.717) is 0 Å². The summed E-state index contributed by atoms with van der Waals surface area (Å²) in [7, 11) is 1.38. The van der Waals surface area contributed by atoms with E-state index in [2.05, 4.69) is 4.98 Å². The number of aliphatic hydroxyl groups is 1. The zero-order valence-corrected chi connectivity index (χ0v) is 10.6. The molecule has 0 saturated carbocycles. The molecule has 17 heavy (non-hydrogen) atoms. The van der Waals surface area contributed by atoms with Crippen molar-refractivity contribution in [2.45, 2.75) is 19.4 Å². The van der Waals surface area contributed by atoms with Crippen molar-refractivity contribution in [3.05, 3.63) is 22.8 Å². The molecular weight excluding hydrogens is 246 g/mol. The molecular formula is C11H14ClNO4. The minimum absolute atomic E-state index is 0.0931. The Kier molecular flexibility index (Phi) is 4.31. The molecule has 1 atom stereocenters. The van der Waals surface area contributed by atoms with Crippen molar-refractivity contribution in [3.8, 4) is 5.88 Å². The zero-order chi connectivity index (χ0) is 13.1. The Morgan fingerprint density at radius 3 is 2.76 bits per heavy atom. The molecule has 0 fully saturated rings. The number of nitrogens with zero attached hydrogens (tertiary/aromatic N) is 1. The highest BCUT2D eigenvalue weighted by Crippen LogP contribution is 2.30. The van der Waals surface area contributed by atoms with Crippen LogP contribution in [0.4, 0.5) is 0 Å². The first-order chi connectivity index (χ1) is 7.93. The Morgan fingerprint density at radius 1 is 1.59 bits per heavy atom. The number of halogens is 1. The van der Waals surface area contributed by atoms with Crippen molar-refractivity contribution < 1.29 is 19.4 Å². The van der Waals surface area contributed by atoms with E-state index in [1.54, 1.807) is 6.92 Å². The predicted octanol–water partition coefficient (Wildman–Crippen LogP) is 1.51. The topological polar surface area (TPSA) is 68.7 Å².